The third-order valence-electron chi connectivity index (χ3n) is 1.84. The molecule has 0 aromatic carbocycles. The van der Waals surface area contributed by atoms with Crippen molar-refractivity contribution in [2.45, 2.75) is 13.5 Å². The van der Waals surface area contributed by atoms with E-state index in [0.717, 1.165) is 4.31 Å². The van der Waals surface area contributed by atoms with Gasteiger partial charge in [0, 0.05) is 13.1 Å². The lowest BCUT2D eigenvalue weighted by atomic mass is 10.4. The number of carboxylic acid groups (broad SMARTS) is 1. The average Bonchev–Trinajstić information content (AvgIpc) is 2.48. The van der Waals surface area contributed by atoms with E-state index in [2.05, 4.69) is 5.16 Å². The van der Waals surface area contributed by atoms with E-state index in [1.165, 1.54) is 7.05 Å². The van der Waals surface area contributed by atoms with Gasteiger partial charge in [0.15, 0.2) is 5.75 Å². The highest BCUT2D eigenvalue weighted by atomic mass is 32.2. The number of hydrogen-bond donors (Lipinski definition) is 1. The van der Waals surface area contributed by atoms with Gasteiger partial charge >= 0.3 is 5.97 Å². The molecule has 0 radical (unpaired) electrons. The predicted molar refractivity (Wildman–Crippen MR) is 54.1 cm³/mol. The Hall–Kier alpha value is -1.41. The number of rotatable bonds is 5. The zero-order chi connectivity index (χ0) is 12.3. The Morgan fingerprint density at radius 3 is 2.69 bits per heavy atom. The van der Waals surface area contributed by atoms with Gasteiger partial charge in [-0.25, -0.2) is 8.42 Å². The van der Waals surface area contributed by atoms with Gasteiger partial charge in [0.05, 0.1) is 12.2 Å². The van der Waals surface area contributed by atoms with Crippen LogP contribution in [0.15, 0.2) is 10.6 Å². The SMILES string of the molecule is Cc1cc(CN(C)S(=O)(=O)CC(=O)O)no1. The van der Waals surface area contributed by atoms with Gasteiger partial charge in [0.25, 0.3) is 0 Å². The third kappa shape index (κ3) is 3.31. The van der Waals surface area contributed by atoms with E-state index in [9.17, 15) is 13.2 Å². The van der Waals surface area contributed by atoms with Crippen LogP contribution in [-0.2, 0) is 21.4 Å². The van der Waals surface area contributed by atoms with Gasteiger partial charge in [0.2, 0.25) is 10.0 Å². The Morgan fingerprint density at radius 1 is 1.62 bits per heavy atom. The Morgan fingerprint density at radius 2 is 2.25 bits per heavy atom. The molecule has 0 amide bonds. The Labute approximate surface area is 92.7 Å². The quantitative estimate of drug-likeness (QED) is 0.776. The number of aliphatic carboxylic acids is 1. The predicted octanol–water partition coefficient (Wildman–Crippen LogP) is -0.171. The number of carbonyl (C=O) groups is 1. The molecule has 0 aliphatic rings. The van der Waals surface area contributed by atoms with E-state index >= 15 is 0 Å². The van der Waals surface area contributed by atoms with Crippen LogP contribution in [0.5, 0.6) is 0 Å². The number of carboxylic acids is 1. The maximum absolute atomic E-state index is 11.4. The van der Waals surface area contributed by atoms with Crippen LogP contribution in [0.2, 0.25) is 0 Å². The lowest BCUT2D eigenvalue weighted by Crippen LogP contribution is -2.31. The molecule has 0 aliphatic heterocycles. The first-order valence-corrected chi connectivity index (χ1v) is 6.00. The van der Waals surface area contributed by atoms with Crippen LogP contribution < -0.4 is 0 Å². The summed E-state index contributed by atoms with van der Waals surface area (Å²) in [4.78, 5) is 10.3. The first-order valence-electron chi connectivity index (χ1n) is 4.39. The standard InChI is InChI=1S/C8H12N2O5S/c1-6-3-7(9-15-6)4-10(2)16(13,14)5-8(11)12/h3H,4-5H2,1-2H3,(H,11,12). The maximum atomic E-state index is 11.4. The normalized spacial score (nSPS) is 11.9. The fourth-order valence-electron chi connectivity index (χ4n) is 1.09. The fraction of sp³-hybridized carbons (Fsp3) is 0.500. The molecule has 16 heavy (non-hydrogen) atoms. The molecule has 7 nitrogen and oxygen atoms in total. The summed E-state index contributed by atoms with van der Waals surface area (Å²) in [6.45, 7) is 1.68. The molecule has 90 valence electrons. The second-order valence-electron chi connectivity index (χ2n) is 3.33. The molecular weight excluding hydrogens is 236 g/mol. The van der Waals surface area contributed by atoms with E-state index in [4.69, 9.17) is 9.63 Å². The topological polar surface area (TPSA) is 101 Å². The van der Waals surface area contributed by atoms with Crippen molar-refractivity contribution >= 4 is 16.0 Å². The minimum Gasteiger partial charge on any atom is -0.480 e. The van der Waals surface area contributed by atoms with E-state index in [-0.39, 0.29) is 6.54 Å². The molecular formula is C8H12N2O5S. The first-order chi connectivity index (χ1) is 7.31. The number of sulfonamides is 1. The van der Waals surface area contributed by atoms with Crippen LogP contribution in [0.25, 0.3) is 0 Å². The molecule has 0 unspecified atom stereocenters. The van der Waals surface area contributed by atoms with Crippen LogP contribution in [0.1, 0.15) is 11.5 Å². The summed E-state index contributed by atoms with van der Waals surface area (Å²) in [5.74, 6) is -1.75. The molecule has 0 saturated heterocycles. The Bertz CT molecular complexity index is 478. The maximum Gasteiger partial charge on any atom is 0.320 e. The summed E-state index contributed by atoms with van der Waals surface area (Å²) in [5.41, 5.74) is 0.439. The lowest BCUT2D eigenvalue weighted by molar-refractivity contribution is -0.134. The van der Waals surface area contributed by atoms with Gasteiger partial charge in [-0.05, 0) is 6.92 Å². The molecule has 0 atom stereocenters. The first kappa shape index (κ1) is 12.7. The van der Waals surface area contributed by atoms with Crippen molar-refractivity contribution in [3.63, 3.8) is 0 Å². The smallest absolute Gasteiger partial charge is 0.320 e. The lowest BCUT2D eigenvalue weighted by Gasteiger charge is -2.13. The number of aromatic nitrogens is 1. The molecule has 1 rings (SSSR count). The molecule has 1 heterocycles. The van der Waals surface area contributed by atoms with Crippen LogP contribution in [-0.4, -0.2) is 41.8 Å². The molecule has 1 aromatic rings. The molecule has 0 spiro atoms. The summed E-state index contributed by atoms with van der Waals surface area (Å²) in [6.07, 6.45) is 0. The van der Waals surface area contributed by atoms with Crippen molar-refractivity contribution in [2.75, 3.05) is 12.8 Å². The molecule has 0 aliphatic carbocycles. The number of nitrogens with zero attached hydrogens (tertiary/aromatic N) is 2. The molecule has 1 N–H and O–H groups in total. The Balaban J connectivity index is 2.72. The fourth-order valence-corrected chi connectivity index (χ4v) is 1.95. The monoisotopic (exact) mass is 248 g/mol. The number of aryl methyl sites for hydroxylation is 1. The minimum atomic E-state index is -3.80. The van der Waals surface area contributed by atoms with E-state index in [0.29, 0.717) is 11.5 Å². The van der Waals surface area contributed by atoms with Crippen molar-refractivity contribution in [1.29, 1.82) is 0 Å². The second kappa shape index (κ2) is 4.62. The number of hydrogen-bond acceptors (Lipinski definition) is 5. The van der Waals surface area contributed by atoms with Crippen LogP contribution in [0, 0.1) is 6.92 Å². The molecule has 0 fully saturated rings. The highest BCUT2D eigenvalue weighted by Gasteiger charge is 2.22. The summed E-state index contributed by atoms with van der Waals surface area (Å²) in [5, 5.41) is 12.0. The zero-order valence-electron chi connectivity index (χ0n) is 8.87. The summed E-state index contributed by atoms with van der Waals surface area (Å²) >= 11 is 0. The van der Waals surface area contributed by atoms with Crippen molar-refractivity contribution in [1.82, 2.24) is 9.46 Å². The van der Waals surface area contributed by atoms with E-state index < -0.39 is 21.7 Å². The molecule has 8 heteroatoms. The van der Waals surface area contributed by atoms with Crippen LogP contribution in [0.4, 0.5) is 0 Å². The van der Waals surface area contributed by atoms with Crippen molar-refractivity contribution in [3.8, 4) is 0 Å². The highest BCUT2D eigenvalue weighted by Crippen LogP contribution is 2.08. The van der Waals surface area contributed by atoms with Crippen molar-refractivity contribution in [3.05, 3.63) is 17.5 Å². The third-order valence-corrected chi connectivity index (χ3v) is 3.53. The highest BCUT2D eigenvalue weighted by molar-refractivity contribution is 7.89. The summed E-state index contributed by atoms with van der Waals surface area (Å²) in [7, 11) is -2.50. The van der Waals surface area contributed by atoms with Gasteiger partial charge in [-0.15, -0.1) is 0 Å². The van der Waals surface area contributed by atoms with Gasteiger partial charge in [-0.2, -0.15) is 4.31 Å². The van der Waals surface area contributed by atoms with Gasteiger partial charge in [-0.1, -0.05) is 5.16 Å². The largest absolute Gasteiger partial charge is 0.480 e. The van der Waals surface area contributed by atoms with E-state index in [1.807, 2.05) is 0 Å². The average molecular weight is 248 g/mol. The zero-order valence-corrected chi connectivity index (χ0v) is 9.69. The van der Waals surface area contributed by atoms with Gasteiger partial charge in [-0.3, -0.25) is 4.79 Å². The van der Waals surface area contributed by atoms with Crippen LogP contribution >= 0.6 is 0 Å². The second-order valence-corrected chi connectivity index (χ2v) is 5.41. The van der Waals surface area contributed by atoms with Gasteiger partial charge < -0.3 is 9.63 Å². The molecule has 0 saturated carbocycles. The molecule has 0 bridgehead atoms. The Kier molecular flexibility index (Phi) is 3.66. The van der Waals surface area contributed by atoms with Crippen molar-refractivity contribution < 1.29 is 22.8 Å². The van der Waals surface area contributed by atoms with E-state index in [1.54, 1.807) is 13.0 Å². The molecule has 1 aromatic heterocycles. The van der Waals surface area contributed by atoms with Crippen LogP contribution in [0.3, 0.4) is 0 Å². The van der Waals surface area contributed by atoms with Gasteiger partial charge in [0.1, 0.15) is 5.76 Å². The van der Waals surface area contributed by atoms with Crippen molar-refractivity contribution in [2.24, 2.45) is 0 Å². The minimum absolute atomic E-state index is 0.00699. The summed E-state index contributed by atoms with van der Waals surface area (Å²) < 4.78 is 28.6. The summed E-state index contributed by atoms with van der Waals surface area (Å²) in [6, 6.07) is 1.59.